The zero-order chi connectivity index (χ0) is 16.5. The van der Waals surface area contributed by atoms with Gasteiger partial charge in [0, 0.05) is 37.3 Å². The third kappa shape index (κ3) is 2.62. The maximum Gasteiger partial charge on any atom is 0.256 e. The highest BCUT2D eigenvalue weighted by molar-refractivity contribution is 6.07. The fourth-order valence-electron chi connectivity index (χ4n) is 4.12. The summed E-state index contributed by atoms with van der Waals surface area (Å²) in [5, 5.41) is 1.03. The molecule has 1 aliphatic heterocycles. The maximum atomic E-state index is 13.3. The quantitative estimate of drug-likeness (QED) is 0.867. The monoisotopic (exact) mass is 328 g/mol. The normalized spacial score (nSPS) is 23.6. The molecule has 128 valence electrons. The Hall–Kier alpha value is -1.85. The Balaban J connectivity index is 1.69. The van der Waals surface area contributed by atoms with Crippen molar-refractivity contribution in [3.05, 3.63) is 36.0 Å². The minimum atomic E-state index is 0.141. The molecule has 0 radical (unpaired) electrons. The first kappa shape index (κ1) is 15.7. The predicted octanol–water partition coefficient (Wildman–Crippen LogP) is 2.68. The summed E-state index contributed by atoms with van der Waals surface area (Å²) in [5.74, 6) is 0.141. The minimum Gasteiger partial charge on any atom is -0.383 e. The van der Waals surface area contributed by atoms with E-state index in [-0.39, 0.29) is 18.1 Å². The van der Waals surface area contributed by atoms with Crippen LogP contribution in [0.25, 0.3) is 10.9 Å². The molecule has 1 amide bonds. The molecule has 4 rings (SSSR count). The summed E-state index contributed by atoms with van der Waals surface area (Å²) >= 11 is 0. The summed E-state index contributed by atoms with van der Waals surface area (Å²) in [6, 6.07) is 8.36. The molecule has 2 heterocycles. The van der Waals surface area contributed by atoms with Crippen molar-refractivity contribution in [2.24, 2.45) is 0 Å². The summed E-state index contributed by atoms with van der Waals surface area (Å²) in [6.45, 7) is 2.72. The average molecular weight is 328 g/mol. The molecule has 1 aliphatic carbocycles. The van der Waals surface area contributed by atoms with Crippen LogP contribution in [0.15, 0.2) is 30.5 Å². The van der Waals surface area contributed by atoms with Gasteiger partial charge in [-0.25, -0.2) is 0 Å². The van der Waals surface area contributed by atoms with Gasteiger partial charge in [0.25, 0.3) is 5.91 Å². The number of aromatic nitrogens is 1. The molecule has 0 N–H and O–H groups in total. The summed E-state index contributed by atoms with van der Waals surface area (Å²) in [7, 11) is 1.70. The zero-order valence-electron chi connectivity index (χ0n) is 14.1. The highest BCUT2D eigenvalue weighted by Crippen LogP contribution is 2.32. The first-order chi connectivity index (χ1) is 11.8. The van der Waals surface area contributed by atoms with Crippen LogP contribution < -0.4 is 0 Å². The van der Waals surface area contributed by atoms with Crippen molar-refractivity contribution < 1.29 is 14.3 Å². The number of fused-ring (bicyclic) bond motifs is 2. The smallest absolute Gasteiger partial charge is 0.256 e. The first-order valence-electron chi connectivity index (χ1n) is 8.79. The predicted molar refractivity (Wildman–Crippen MR) is 92.2 cm³/mol. The molecule has 1 aromatic carbocycles. The van der Waals surface area contributed by atoms with Gasteiger partial charge >= 0.3 is 0 Å². The van der Waals surface area contributed by atoms with E-state index < -0.39 is 0 Å². The summed E-state index contributed by atoms with van der Waals surface area (Å²) < 4.78 is 13.2. The van der Waals surface area contributed by atoms with Gasteiger partial charge < -0.3 is 18.9 Å². The average Bonchev–Trinajstić information content (AvgIpc) is 3.24. The number of nitrogens with zero attached hydrogens (tertiary/aromatic N) is 2. The number of para-hydroxylation sites is 1. The second-order valence-electron chi connectivity index (χ2n) is 6.65. The van der Waals surface area contributed by atoms with Gasteiger partial charge in [0.15, 0.2) is 0 Å². The van der Waals surface area contributed by atoms with Gasteiger partial charge in [-0.05, 0) is 25.3 Å². The van der Waals surface area contributed by atoms with Crippen LogP contribution in [0.1, 0.15) is 29.6 Å². The number of carbonyl (C=O) groups excluding carboxylic acids is 1. The molecule has 2 fully saturated rings. The molecule has 5 nitrogen and oxygen atoms in total. The van der Waals surface area contributed by atoms with E-state index in [4.69, 9.17) is 9.47 Å². The highest BCUT2D eigenvalue weighted by Gasteiger charge is 2.39. The Labute approximate surface area is 142 Å². The second-order valence-corrected chi connectivity index (χ2v) is 6.65. The number of benzene rings is 1. The largest absolute Gasteiger partial charge is 0.383 e. The molecule has 0 spiro atoms. The van der Waals surface area contributed by atoms with E-state index in [2.05, 4.69) is 10.6 Å². The van der Waals surface area contributed by atoms with Crippen LogP contribution in [0.2, 0.25) is 0 Å². The van der Waals surface area contributed by atoms with E-state index in [9.17, 15) is 4.79 Å². The van der Waals surface area contributed by atoms with E-state index in [0.29, 0.717) is 19.8 Å². The molecule has 0 bridgehead atoms. The molecular formula is C19H24N2O3. The molecule has 2 aromatic rings. The van der Waals surface area contributed by atoms with Gasteiger partial charge in [-0.15, -0.1) is 0 Å². The van der Waals surface area contributed by atoms with Crippen molar-refractivity contribution in [2.45, 2.75) is 38.0 Å². The molecule has 0 unspecified atom stereocenters. The maximum absolute atomic E-state index is 13.3. The van der Waals surface area contributed by atoms with E-state index in [0.717, 1.165) is 42.3 Å². The molecular weight excluding hydrogens is 304 g/mol. The van der Waals surface area contributed by atoms with Gasteiger partial charge in [-0.1, -0.05) is 18.2 Å². The van der Waals surface area contributed by atoms with Crippen LogP contribution in [0.5, 0.6) is 0 Å². The second kappa shape index (κ2) is 6.57. The molecule has 24 heavy (non-hydrogen) atoms. The minimum absolute atomic E-state index is 0.141. The molecule has 1 aromatic heterocycles. The SMILES string of the molecule is COCCn1cc(C(=O)N2CCO[C@H]3CCC[C@@H]32)c2ccccc21. The van der Waals surface area contributed by atoms with Crippen molar-refractivity contribution >= 4 is 16.8 Å². The number of carbonyl (C=O) groups is 1. The standard InChI is InChI=1S/C19H24N2O3/c1-23-11-9-20-13-15(14-5-2-3-6-16(14)20)19(22)21-10-12-24-18-8-4-7-17(18)21/h2-3,5-6,13,17-18H,4,7-12H2,1H3/t17-,18-/m0/s1. The van der Waals surface area contributed by atoms with Crippen molar-refractivity contribution in [1.29, 1.82) is 0 Å². The van der Waals surface area contributed by atoms with E-state index in [1.54, 1.807) is 7.11 Å². The number of amides is 1. The van der Waals surface area contributed by atoms with Crippen LogP contribution in [-0.2, 0) is 16.0 Å². The van der Waals surface area contributed by atoms with Crippen molar-refractivity contribution in [1.82, 2.24) is 9.47 Å². The number of ether oxygens (including phenoxy) is 2. The van der Waals surface area contributed by atoms with E-state index >= 15 is 0 Å². The summed E-state index contributed by atoms with van der Waals surface area (Å²) in [6.07, 6.45) is 5.49. The lowest BCUT2D eigenvalue weighted by Gasteiger charge is -2.37. The first-order valence-corrected chi connectivity index (χ1v) is 8.79. The summed E-state index contributed by atoms with van der Waals surface area (Å²) in [4.78, 5) is 15.3. The van der Waals surface area contributed by atoms with Gasteiger partial charge in [0.1, 0.15) is 0 Å². The zero-order valence-corrected chi connectivity index (χ0v) is 14.1. The van der Waals surface area contributed by atoms with Crippen LogP contribution in [0.4, 0.5) is 0 Å². The van der Waals surface area contributed by atoms with Crippen molar-refractivity contribution in [3.8, 4) is 0 Å². The number of methoxy groups -OCH3 is 1. The molecule has 5 heteroatoms. The molecule has 2 aliphatic rings. The molecule has 2 atom stereocenters. The molecule has 1 saturated carbocycles. The Kier molecular flexibility index (Phi) is 4.29. The van der Waals surface area contributed by atoms with Crippen LogP contribution in [0.3, 0.4) is 0 Å². The van der Waals surface area contributed by atoms with Gasteiger partial charge in [-0.3, -0.25) is 4.79 Å². The van der Waals surface area contributed by atoms with Crippen LogP contribution in [0, 0.1) is 0 Å². The van der Waals surface area contributed by atoms with Crippen molar-refractivity contribution in [3.63, 3.8) is 0 Å². The Morgan fingerprint density at radius 3 is 3.08 bits per heavy atom. The number of hydrogen-bond donors (Lipinski definition) is 0. The fourth-order valence-corrected chi connectivity index (χ4v) is 4.12. The van der Waals surface area contributed by atoms with Crippen molar-refractivity contribution in [2.75, 3.05) is 26.9 Å². The number of hydrogen-bond acceptors (Lipinski definition) is 3. The van der Waals surface area contributed by atoms with Crippen LogP contribution in [-0.4, -0.2) is 54.4 Å². The number of morpholine rings is 1. The van der Waals surface area contributed by atoms with Crippen LogP contribution >= 0.6 is 0 Å². The Bertz CT molecular complexity index is 739. The highest BCUT2D eigenvalue weighted by atomic mass is 16.5. The third-order valence-corrected chi connectivity index (χ3v) is 5.30. The molecule has 1 saturated heterocycles. The lowest BCUT2D eigenvalue weighted by molar-refractivity contribution is -0.0444. The lowest BCUT2D eigenvalue weighted by atomic mass is 10.1. The van der Waals surface area contributed by atoms with E-state index in [1.807, 2.05) is 29.3 Å². The topological polar surface area (TPSA) is 43.7 Å². The lowest BCUT2D eigenvalue weighted by Crippen LogP contribution is -2.51. The fraction of sp³-hybridized carbons (Fsp3) is 0.526. The van der Waals surface area contributed by atoms with E-state index in [1.165, 1.54) is 0 Å². The third-order valence-electron chi connectivity index (χ3n) is 5.30. The Morgan fingerprint density at radius 1 is 1.33 bits per heavy atom. The Morgan fingerprint density at radius 2 is 2.21 bits per heavy atom. The number of rotatable bonds is 4. The van der Waals surface area contributed by atoms with Gasteiger partial charge in [0.05, 0.1) is 30.9 Å². The summed E-state index contributed by atoms with van der Waals surface area (Å²) in [5.41, 5.74) is 1.89. The van der Waals surface area contributed by atoms with Gasteiger partial charge in [-0.2, -0.15) is 0 Å². The van der Waals surface area contributed by atoms with Gasteiger partial charge in [0.2, 0.25) is 0 Å².